The second-order valence-corrected chi connectivity index (χ2v) is 6.69. The van der Waals surface area contributed by atoms with E-state index in [1.165, 1.54) is 31.2 Å². The van der Waals surface area contributed by atoms with Crippen molar-refractivity contribution in [1.82, 2.24) is 4.90 Å². The summed E-state index contributed by atoms with van der Waals surface area (Å²) in [6.45, 7) is 2.92. The van der Waals surface area contributed by atoms with E-state index in [1.54, 1.807) is 0 Å². The highest BCUT2D eigenvalue weighted by Gasteiger charge is 2.38. The van der Waals surface area contributed by atoms with Crippen molar-refractivity contribution in [3.8, 4) is 0 Å². The maximum atomic E-state index is 10.6. The normalized spacial score (nSPS) is 28.7. The topological polar surface area (TPSA) is 40.5 Å². The molecule has 1 heterocycles. The van der Waals surface area contributed by atoms with Crippen LogP contribution in [0.5, 0.6) is 0 Å². The molecule has 3 nitrogen and oxygen atoms in total. The summed E-state index contributed by atoms with van der Waals surface area (Å²) in [5.74, 6) is 1.80. The summed E-state index contributed by atoms with van der Waals surface area (Å²) in [7, 11) is 0. The predicted molar refractivity (Wildman–Crippen MR) is 83.3 cm³/mol. The van der Waals surface area contributed by atoms with Crippen molar-refractivity contribution in [3.63, 3.8) is 0 Å². The molecule has 0 aromatic heterocycles. The first-order chi connectivity index (χ1) is 10.2. The zero-order valence-corrected chi connectivity index (χ0v) is 12.6. The molecule has 3 heteroatoms. The third-order valence-electron chi connectivity index (χ3n) is 5.11. The number of carboxylic acid groups (broad SMARTS) is 1. The Morgan fingerprint density at radius 3 is 2.81 bits per heavy atom. The average Bonchev–Trinajstić information content (AvgIpc) is 3.13. The van der Waals surface area contributed by atoms with E-state index in [4.69, 9.17) is 5.11 Å². The lowest BCUT2D eigenvalue weighted by molar-refractivity contribution is -0.137. The van der Waals surface area contributed by atoms with Gasteiger partial charge in [0.2, 0.25) is 0 Å². The Bertz CT molecular complexity index is 473. The number of likely N-dealkylation sites (tertiary alicyclic amines) is 1. The fraction of sp³-hybridized carbons (Fsp3) is 0.611. The molecule has 0 unspecified atom stereocenters. The molecule has 1 aliphatic carbocycles. The van der Waals surface area contributed by atoms with E-state index < -0.39 is 5.97 Å². The molecule has 1 saturated heterocycles. The highest BCUT2D eigenvalue weighted by atomic mass is 16.4. The van der Waals surface area contributed by atoms with Gasteiger partial charge in [0, 0.05) is 13.1 Å². The quantitative estimate of drug-likeness (QED) is 0.836. The molecular weight excluding hydrogens is 262 g/mol. The molecule has 1 aromatic carbocycles. The van der Waals surface area contributed by atoms with Crippen LogP contribution in [0, 0.1) is 11.8 Å². The van der Waals surface area contributed by atoms with E-state index in [9.17, 15) is 4.79 Å². The van der Waals surface area contributed by atoms with E-state index in [2.05, 4.69) is 35.2 Å². The Kier molecular flexibility index (Phi) is 4.59. The van der Waals surface area contributed by atoms with Gasteiger partial charge in [0.05, 0.1) is 6.42 Å². The van der Waals surface area contributed by atoms with Crippen LogP contribution in [0.4, 0.5) is 0 Å². The van der Waals surface area contributed by atoms with Crippen molar-refractivity contribution in [1.29, 1.82) is 0 Å². The van der Waals surface area contributed by atoms with Crippen LogP contribution in [0.2, 0.25) is 0 Å². The van der Waals surface area contributed by atoms with Gasteiger partial charge in [-0.3, -0.25) is 4.79 Å². The van der Waals surface area contributed by atoms with Gasteiger partial charge in [-0.1, -0.05) is 30.3 Å². The lowest BCUT2D eigenvalue weighted by Crippen LogP contribution is -2.23. The molecule has 3 atom stereocenters. The molecule has 21 heavy (non-hydrogen) atoms. The number of carbonyl (C=O) groups is 1. The lowest BCUT2D eigenvalue weighted by atomic mass is 9.99. The third-order valence-corrected chi connectivity index (χ3v) is 5.11. The molecular formula is C18H25NO2. The molecule has 0 amide bonds. The first kappa shape index (κ1) is 14.6. The Balaban J connectivity index is 1.35. The summed E-state index contributed by atoms with van der Waals surface area (Å²) in [5.41, 5.74) is 1.51. The summed E-state index contributed by atoms with van der Waals surface area (Å²) in [6.07, 6.45) is 5.56. The monoisotopic (exact) mass is 287 g/mol. The minimum atomic E-state index is -0.679. The maximum Gasteiger partial charge on any atom is 0.304 e. The van der Waals surface area contributed by atoms with E-state index in [1.807, 2.05) is 0 Å². The van der Waals surface area contributed by atoms with Crippen molar-refractivity contribution in [3.05, 3.63) is 35.9 Å². The van der Waals surface area contributed by atoms with Crippen molar-refractivity contribution in [2.45, 2.75) is 38.0 Å². The fourth-order valence-electron chi connectivity index (χ4n) is 3.73. The van der Waals surface area contributed by atoms with Crippen LogP contribution in [0.1, 0.15) is 43.6 Å². The average molecular weight is 287 g/mol. The van der Waals surface area contributed by atoms with Crippen LogP contribution in [0.25, 0.3) is 0 Å². The van der Waals surface area contributed by atoms with Gasteiger partial charge in [-0.2, -0.15) is 0 Å². The fourth-order valence-corrected chi connectivity index (χ4v) is 3.73. The van der Waals surface area contributed by atoms with Crippen LogP contribution in [-0.4, -0.2) is 35.6 Å². The van der Waals surface area contributed by atoms with Crippen LogP contribution in [-0.2, 0) is 4.79 Å². The molecule has 114 valence electrons. The second kappa shape index (κ2) is 6.61. The molecule has 0 bridgehead atoms. The molecule has 0 radical (unpaired) electrons. The van der Waals surface area contributed by atoms with Crippen molar-refractivity contribution < 1.29 is 9.90 Å². The van der Waals surface area contributed by atoms with Gasteiger partial charge in [-0.25, -0.2) is 0 Å². The molecule has 1 aromatic rings. The van der Waals surface area contributed by atoms with E-state index in [0.29, 0.717) is 0 Å². The Morgan fingerprint density at radius 2 is 2.05 bits per heavy atom. The van der Waals surface area contributed by atoms with E-state index >= 15 is 0 Å². The number of carboxylic acids is 1. The number of aliphatic carboxylic acids is 1. The van der Waals surface area contributed by atoms with Crippen LogP contribution >= 0.6 is 0 Å². The first-order valence-electron chi connectivity index (χ1n) is 8.21. The summed E-state index contributed by atoms with van der Waals surface area (Å²) in [6, 6.07) is 10.9. The molecule has 0 spiro atoms. The molecule has 2 aliphatic rings. The van der Waals surface area contributed by atoms with E-state index in [-0.39, 0.29) is 6.42 Å². The smallest absolute Gasteiger partial charge is 0.304 e. The largest absolute Gasteiger partial charge is 0.481 e. The summed E-state index contributed by atoms with van der Waals surface area (Å²) in [4.78, 5) is 12.9. The molecule has 1 N–H and O–H groups in total. The van der Waals surface area contributed by atoms with Crippen LogP contribution in [0.3, 0.4) is 0 Å². The SMILES string of the molecule is O=C(O)CCN1CC[C@H](CC[C@@H]2C[C@H]2c2ccccc2)C1. The first-order valence-corrected chi connectivity index (χ1v) is 8.21. The highest BCUT2D eigenvalue weighted by molar-refractivity contribution is 5.66. The number of nitrogens with zero attached hydrogens (tertiary/aromatic N) is 1. The molecule has 3 rings (SSSR count). The lowest BCUT2D eigenvalue weighted by Gasteiger charge is -2.14. The maximum absolute atomic E-state index is 10.6. The minimum Gasteiger partial charge on any atom is -0.481 e. The van der Waals surface area contributed by atoms with Crippen molar-refractivity contribution in [2.24, 2.45) is 11.8 Å². The van der Waals surface area contributed by atoms with Gasteiger partial charge >= 0.3 is 5.97 Å². The summed E-state index contributed by atoms with van der Waals surface area (Å²) >= 11 is 0. The van der Waals surface area contributed by atoms with Crippen molar-refractivity contribution >= 4 is 5.97 Å². The molecule has 1 saturated carbocycles. The van der Waals surface area contributed by atoms with Gasteiger partial charge in [0.25, 0.3) is 0 Å². The van der Waals surface area contributed by atoms with E-state index in [0.717, 1.165) is 37.4 Å². The van der Waals surface area contributed by atoms with Crippen molar-refractivity contribution in [2.75, 3.05) is 19.6 Å². The Hall–Kier alpha value is -1.35. The molecule has 2 fully saturated rings. The van der Waals surface area contributed by atoms with Gasteiger partial charge in [0.15, 0.2) is 0 Å². The summed E-state index contributed by atoms with van der Waals surface area (Å²) < 4.78 is 0. The number of hydrogen-bond acceptors (Lipinski definition) is 2. The highest BCUT2D eigenvalue weighted by Crippen LogP contribution is 2.50. The van der Waals surface area contributed by atoms with Gasteiger partial charge in [-0.05, 0) is 55.5 Å². The van der Waals surface area contributed by atoms with Gasteiger partial charge in [0.1, 0.15) is 0 Å². The zero-order valence-electron chi connectivity index (χ0n) is 12.6. The van der Waals surface area contributed by atoms with Crippen LogP contribution in [0.15, 0.2) is 30.3 Å². The van der Waals surface area contributed by atoms with Gasteiger partial charge < -0.3 is 10.0 Å². The predicted octanol–water partition coefficient (Wildman–Crippen LogP) is 3.37. The van der Waals surface area contributed by atoms with Gasteiger partial charge in [-0.15, -0.1) is 0 Å². The third kappa shape index (κ3) is 4.07. The zero-order chi connectivity index (χ0) is 14.7. The molecule has 1 aliphatic heterocycles. The second-order valence-electron chi connectivity index (χ2n) is 6.69. The number of hydrogen-bond donors (Lipinski definition) is 1. The number of benzene rings is 1. The minimum absolute atomic E-state index is 0.283. The Labute approximate surface area is 127 Å². The van der Waals surface area contributed by atoms with Crippen LogP contribution < -0.4 is 0 Å². The standard InChI is InChI=1S/C18H25NO2/c20-18(21)9-11-19-10-8-14(13-19)6-7-16-12-17(16)15-4-2-1-3-5-15/h1-5,14,16-17H,6-13H2,(H,20,21)/t14-,16+,17-/m0/s1. The Morgan fingerprint density at radius 1 is 1.24 bits per heavy atom. The number of rotatable bonds is 7. The summed E-state index contributed by atoms with van der Waals surface area (Å²) in [5, 5.41) is 8.73.